The lowest BCUT2D eigenvalue weighted by atomic mass is 10.0. The highest BCUT2D eigenvalue weighted by Crippen LogP contribution is 2.32. The molecule has 0 bridgehead atoms. The zero-order valence-corrected chi connectivity index (χ0v) is 20.4. The number of amides is 1. The molecule has 3 aromatic carbocycles. The number of carbonyl (C=O) groups excluding carboxylic acids is 1. The third kappa shape index (κ3) is 5.86. The van der Waals surface area contributed by atoms with Crippen LogP contribution in [-0.2, 0) is 14.8 Å². The summed E-state index contributed by atoms with van der Waals surface area (Å²) in [6.45, 7) is 3.56. The first-order valence-corrected chi connectivity index (χ1v) is 12.3. The summed E-state index contributed by atoms with van der Waals surface area (Å²) in [5.41, 5.74) is 2.35. The van der Waals surface area contributed by atoms with Crippen molar-refractivity contribution in [1.29, 1.82) is 0 Å². The van der Waals surface area contributed by atoms with E-state index in [-0.39, 0.29) is 21.6 Å². The monoisotopic (exact) mass is 486 g/mol. The molecule has 0 fully saturated rings. The molecule has 0 spiro atoms. The number of hydrogen-bond donors (Lipinski definition) is 1. The quantitative estimate of drug-likeness (QED) is 0.455. The Kier molecular flexibility index (Phi) is 8.00. The van der Waals surface area contributed by atoms with Crippen LogP contribution in [0.4, 0.5) is 5.69 Å². The number of aryl methyl sites for hydroxylation is 1. The molecule has 0 radical (unpaired) electrons. The molecule has 0 heterocycles. The summed E-state index contributed by atoms with van der Waals surface area (Å²) in [5, 5.41) is 3.21. The lowest BCUT2D eigenvalue weighted by Crippen LogP contribution is -2.42. The van der Waals surface area contributed by atoms with Gasteiger partial charge in [-0.1, -0.05) is 66.6 Å². The van der Waals surface area contributed by atoms with E-state index >= 15 is 0 Å². The van der Waals surface area contributed by atoms with Gasteiger partial charge in [0.1, 0.15) is 12.3 Å². The highest BCUT2D eigenvalue weighted by Gasteiger charge is 2.28. The summed E-state index contributed by atoms with van der Waals surface area (Å²) in [6.07, 6.45) is 0.661. The number of halogens is 1. The second kappa shape index (κ2) is 10.7. The second-order valence-corrected chi connectivity index (χ2v) is 9.85. The number of carbonyl (C=O) groups is 1. The summed E-state index contributed by atoms with van der Waals surface area (Å²) < 4.78 is 33.2. The van der Waals surface area contributed by atoms with Crippen molar-refractivity contribution in [2.75, 3.05) is 18.0 Å². The fourth-order valence-electron chi connectivity index (χ4n) is 3.44. The smallest absolute Gasteiger partial charge is 0.264 e. The minimum atomic E-state index is -4.03. The Bertz CT molecular complexity index is 1200. The van der Waals surface area contributed by atoms with E-state index in [1.54, 1.807) is 30.3 Å². The van der Waals surface area contributed by atoms with Crippen LogP contribution in [0.2, 0.25) is 5.02 Å². The van der Waals surface area contributed by atoms with Crippen LogP contribution in [0.15, 0.2) is 77.7 Å². The molecule has 0 saturated heterocycles. The third-order valence-electron chi connectivity index (χ3n) is 5.26. The molecule has 0 unspecified atom stereocenters. The topological polar surface area (TPSA) is 75.7 Å². The fraction of sp³-hybridized carbons (Fsp3) is 0.240. The van der Waals surface area contributed by atoms with E-state index in [2.05, 4.69) is 5.32 Å². The van der Waals surface area contributed by atoms with Gasteiger partial charge in [0.05, 0.1) is 28.8 Å². The van der Waals surface area contributed by atoms with Gasteiger partial charge >= 0.3 is 0 Å². The minimum absolute atomic E-state index is 0.0790. The van der Waals surface area contributed by atoms with E-state index in [1.165, 1.54) is 25.3 Å². The molecular weight excluding hydrogens is 460 g/mol. The van der Waals surface area contributed by atoms with Crippen molar-refractivity contribution in [3.63, 3.8) is 0 Å². The predicted octanol–water partition coefficient (Wildman–Crippen LogP) is 5.12. The van der Waals surface area contributed by atoms with E-state index < -0.39 is 22.5 Å². The normalized spacial score (nSPS) is 12.1. The number of rotatable bonds is 9. The SMILES string of the molecule is CC[C@H](NC(=O)CN(c1ccc(OC)c(Cl)c1)S(=O)(=O)c1ccccc1)c1ccc(C)cc1. The maximum atomic E-state index is 13.5. The number of nitrogens with one attached hydrogen (secondary N) is 1. The van der Waals surface area contributed by atoms with Crippen LogP contribution in [0.1, 0.15) is 30.5 Å². The van der Waals surface area contributed by atoms with Gasteiger partial charge in [-0.3, -0.25) is 9.10 Å². The molecule has 174 valence electrons. The Labute approximate surface area is 200 Å². The number of methoxy groups -OCH3 is 1. The van der Waals surface area contributed by atoms with E-state index in [0.29, 0.717) is 12.2 Å². The average Bonchev–Trinajstić information content (AvgIpc) is 2.82. The molecule has 1 atom stereocenters. The van der Waals surface area contributed by atoms with Gasteiger partial charge < -0.3 is 10.1 Å². The fourth-order valence-corrected chi connectivity index (χ4v) is 5.12. The summed E-state index contributed by atoms with van der Waals surface area (Å²) >= 11 is 6.26. The Hall–Kier alpha value is -3.03. The Balaban J connectivity index is 1.93. The van der Waals surface area contributed by atoms with Crippen LogP contribution in [0.5, 0.6) is 5.75 Å². The van der Waals surface area contributed by atoms with E-state index in [1.807, 2.05) is 38.1 Å². The molecule has 33 heavy (non-hydrogen) atoms. The summed E-state index contributed by atoms with van der Waals surface area (Å²) in [4.78, 5) is 13.1. The first-order valence-electron chi connectivity index (χ1n) is 10.5. The number of benzene rings is 3. The molecule has 8 heteroatoms. The standard InChI is InChI=1S/C25H27ClN2O4S/c1-4-23(19-12-10-18(2)11-13-19)27-25(29)17-28(20-14-15-24(32-3)22(26)16-20)33(30,31)21-8-6-5-7-9-21/h5-16,23H,4,17H2,1-3H3,(H,27,29)/t23-/m0/s1. The number of ether oxygens (including phenoxy) is 1. The zero-order valence-electron chi connectivity index (χ0n) is 18.8. The molecule has 6 nitrogen and oxygen atoms in total. The van der Waals surface area contributed by atoms with Crippen LogP contribution in [0.25, 0.3) is 0 Å². The summed E-state index contributed by atoms with van der Waals surface area (Å²) in [6, 6.07) is 20.3. The zero-order chi connectivity index (χ0) is 24.0. The summed E-state index contributed by atoms with van der Waals surface area (Å²) in [5.74, 6) is -0.0128. The maximum Gasteiger partial charge on any atom is 0.264 e. The van der Waals surface area contributed by atoms with Crippen LogP contribution in [-0.4, -0.2) is 28.0 Å². The largest absolute Gasteiger partial charge is 0.495 e. The highest BCUT2D eigenvalue weighted by atomic mass is 35.5. The van der Waals surface area contributed by atoms with Gasteiger partial charge in [0.25, 0.3) is 10.0 Å². The average molecular weight is 487 g/mol. The number of hydrogen-bond acceptors (Lipinski definition) is 4. The van der Waals surface area contributed by atoms with Gasteiger partial charge in [0, 0.05) is 0 Å². The van der Waals surface area contributed by atoms with Crippen LogP contribution < -0.4 is 14.4 Å². The van der Waals surface area contributed by atoms with Crippen molar-refractivity contribution in [3.8, 4) is 5.75 Å². The summed E-state index contributed by atoms with van der Waals surface area (Å²) in [7, 11) is -2.55. The van der Waals surface area contributed by atoms with Crippen molar-refractivity contribution in [1.82, 2.24) is 5.32 Å². The molecule has 0 aliphatic carbocycles. The van der Waals surface area contributed by atoms with Crippen LogP contribution in [0.3, 0.4) is 0 Å². The van der Waals surface area contributed by atoms with E-state index in [4.69, 9.17) is 16.3 Å². The molecule has 3 rings (SSSR count). The molecule has 0 aromatic heterocycles. The molecule has 0 saturated carbocycles. The minimum Gasteiger partial charge on any atom is -0.495 e. The van der Waals surface area contributed by atoms with Crippen molar-refractivity contribution in [2.45, 2.75) is 31.2 Å². The van der Waals surface area contributed by atoms with Gasteiger partial charge in [0.15, 0.2) is 0 Å². The second-order valence-electron chi connectivity index (χ2n) is 7.58. The Morgan fingerprint density at radius 3 is 2.30 bits per heavy atom. The molecule has 1 N–H and O–H groups in total. The van der Waals surface area contributed by atoms with Gasteiger partial charge in [-0.15, -0.1) is 0 Å². The predicted molar refractivity (Wildman–Crippen MR) is 131 cm³/mol. The van der Waals surface area contributed by atoms with Gasteiger partial charge in [-0.05, 0) is 49.2 Å². The molecule has 0 aliphatic rings. The lowest BCUT2D eigenvalue weighted by Gasteiger charge is -2.26. The van der Waals surface area contributed by atoms with Crippen molar-refractivity contribution in [3.05, 3.63) is 88.9 Å². The molecule has 1 amide bonds. The van der Waals surface area contributed by atoms with E-state index in [9.17, 15) is 13.2 Å². The number of sulfonamides is 1. The highest BCUT2D eigenvalue weighted by molar-refractivity contribution is 7.92. The van der Waals surface area contributed by atoms with Gasteiger partial charge in [-0.25, -0.2) is 8.42 Å². The van der Waals surface area contributed by atoms with Crippen molar-refractivity contribution < 1.29 is 17.9 Å². The molecule has 3 aromatic rings. The van der Waals surface area contributed by atoms with Crippen molar-refractivity contribution >= 4 is 33.2 Å². The van der Waals surface area contributed by atoms with Gasteiger partial charge in [0.2, 0.25) is 5.91 Å². The van der Waals surface area contributed by atoms with E-state index in [0.717, 1.165) is 15.4 Å². The van der Waals surface area contributed by atoms with Crippen LogP contribution >= 0.6 is 11.6 Å². The van der Waals surface area contributed by atoms with Gasteiger partial charge in [-0.2, -0.15) is 0 Å². The Morgan fingerprint density at radius 1 is 1.06 bits per heavy atom. The lowest BCUT2D eigenvalue weighted by molar-refractivity contribution is -0.120. The van der Waals surface area contributed by atoms with Crippen molar-refractivity contribution in [2.24, 2.45) is 0 Å². The van der Waals surface area contributed by atoms with Crippen LogP contribution in [0, 0.1) is 6.92 Å². The molecule has 0 aliphatic heterocycles. The Morgan fingerprint density at radius 2 is 1.73 bits per heavy atom. The number of nitrogens with zero attached hydrogens (tertiary/aromatic N) is 1. The third-order valence-corrected chi connectivity index (χ3v) is 7.35. The number of anilines is 1. The molecular formula is C25H27ClN2O4S. The first kappa shape index (κ1) is 24.6. The first-order chi connectivity index (χ1) is 15.8. The maximum absolute atomic E-state index is 13.5.